The zero-order valence-corrected chi connectivity index (χ0v) is 10.3. The van der Waals surface area contributed by atoms with Crippen molar-refractivity contribution >= 4 is 0 Å². The van der Waals surface area contributed by atoms with Gasteiger partial charge in [0.05, 0.1) is 6.10 Å². The van der Waals surface area contributed by atoms with Crippen LogP contribution in [0.3, 0.4) is 0 Å². The summed E-state index contributed by atoms with van der Waals surface area (Å²) in [6, 6.07) is 6.52. The molecule has 0 aromatic heterocycles. The van der Waals surface area contributed by atoms with Crippen LogP contribution < -0.4 is 5.32 Å². The summed E-state index contributed by atoms with van der Waals surface area (Å²) in [5.41, 5.74) is 0.893. The first kappa shape index (κ1) is 13.4. The maximum absolute atomic E-state index is 12.5. The Morgan fingerprint density at radius 1 is 1.28 bits per heavy atom. The maximum atomic E-state index is 12.5. The first-order chi connectivity index (χ1) is 8.66. The van der Waals surface area contributed by atoms with Gasteiger partial charge < -0.3 is 10.4 Å². The van der Waals surface area contributed by atoms with Crippen LogP contribution in [0.15, 0.2) is 24.3 Å². The average molecular weight is 255 g/mol. The van der Waals surface area contributed by atoms with Crippen molar-refractivity contribution in [2.45, 2.75) is 50.8 Å². The van der Waals surface area contributed by atoms with E-state index >= 15 is 0 Å². The van der Waals surface area contributed by atoms with E-state index in [1.54, 1.807) is 6.07 Å². The van der Waals surface area contributed by atoms with Crippen molar-refractivity contribution in [2.75, 3.05) is 0 Å². The van der Waals surface area contributed by atoms with Crippen molar-refractivity contribution in [1.29, 1.82) is 0 Å². The summed E-state index contributed by atoms with van der Waals surface area (Å²) in [4.78, 5) is 0. The molecule has 2 unspecified atom stereocenters. The lowest BCUT2D eigenvalue weighted by molar-refractivity contribution is 0.0902. The van der Waals surface area contributed by atoms with Gasteiger partial charge in [0.2, 0.25) is 0 Å². The van der Waals surface area contributed by atoms with E-state index in [0.717, 1.165) is 31.2 Å². The third kappa shape index (κ3) is 3.50. The number of benzene rings is 1. The van der Waals surface area contributed by atoms with Crippen LogP contribution in [0, 0.1) is 0 Å². The summed E-state index contributed by atoms with van der Waals surface area (Å²) in [6.07, 6.45) is 1.23. The second-order valence-corrected chi connectivity index (χ2v) is 4.88. The van der Waals surface area contributed by atoms with Gasteiger partial charge in [-0.05, 0) is 24.5 Å². The zero-order chi connectivity index (χ0) is 13.0. The first-order valence-corrected chi connectivity index (χ1v) is 6.45. The summed E-state index contributed by atoms with van der Waals surface area (Å²) in [7, 11) is 0. The first-order valence-electron chi connectivity index (χ1n) is 6.45. The molecule has 1 aliphatic carbocycles. The molecule has 0 saturated heterocycles. The fourth-order valence-corrected chi connectivity index (χ4v) is 2.44. The monoisotopic (exact) mass is 255 g/mol. The van der Waals surface area contributed by atoms with Gasteiger partial charge in [0.15, 0.2) is 0 Å². The molecule has 100 valence electrons. The molecule has 2 rings (SSSR count). The molecule has 2 N–H and O–H groups in total. The number of nitrogens with one attached hydrogen (secondary N) is 1. The highest BCUT2D eigenvalue weighted by Crippen LogP contribution is 2.21. The topological polar surface area (TPSA) is 32.3 Å². The quantitative estimate of drug-likeness (QED) is 0.866. The molecule has 4 heteroatoms. The Hall–Kier alpha value is -1.00. The van der Waals surface area contributed by atoms with E-state index in [-0.39, 0.29) is 17.7 Å². The van der Waals surface area contributed by atoms with Gasteiger partial charge in [-0.1, -0.05) is 31.0 Å². The largest absolute Gasteiger partial charge is 0.392 e. The zero-order valence-electron chi connectivity index (χ0n) is 10.3. The Balaban J connectivity index is 1.91. The molecule has 1 aromatic carbocycles. The molecule has 0 radical (unpaired) electrons. The van der Waals surface area contributed by atoms with Crippen molar-refractivity contribution in [3.8, 4) is 0 Å². The molecule has 1 saturated carbocycles. The Bertz CT molecular complexity index is 384. The number of halogens is 2. The minimum Gasteiger partial charge on any atom is -0.392 e. The fraction of sp³-hybridized carbons (Fsp3) is 0.571. The predicted molar refractivity (Wildman–Crippen MR) is 66.5 cm³/mol. The second-order valence-electron chi connectivity index (χ2n) is 4.88. The van der Waals surface area contributed by atoms with Crippen molar-refractivity contribution < 1.29 is 13.9 Å². The molecule has 0 spiro atoms. The third-order valence-corrected chi connectivity index (χ3v) is 3.50. The minimum atomic E-state index is -2.43. The molecule has 0 aliphatic heterocycles. The van der Waals surface area contributed by atoms with E-state index in [1.807, 2.05) is 6.07 Å². The molecule has 2 nitrogen and oxygen atoms in total. The predicted octanol–water partition coefficient (Wildman–Crippen LogP) is 3.02. The molecule has 0 bridgehead atoms. The average Bonchev–Trinajstić information content (AvgIpc) is 2.38. The van der Waals surface area contributed by atoms with Crippen molar-refractivity contribution in [3.05, 3.63) is 35.4 Å². The van der Waals surface area contributed by atoms with E-state index in [0.29, 0.717) is 6.54 Å². The Morgan fingerprint density at radius 3 is 2.78 bits per heavy atom. The Morgan fingerprint density at radius 2 is 2.06 bits per heavy atom. The highest BCUT2D eigenvalue weighted by molar-refractivity contribution is 5.24. The number of aliphatic hydroxyl groups is 1. The molecular formula is C14H19F2NO. The van der Waals surface area contributed by atoms with Crippen LogP contribution in [-0.4, -0.2) is 17.3 Å². The van der Waals surface area contributed by atoms with E-state index < -0.39 is 6.43 Å². The fourth-order valence-electron chi connectivity index (χ4n) is 2.44. The summed E-state index contributed by atoms with van der Waals surface area (Å²) < 4.78 is 25.1. The summed E-state index contributed by atoms with van der Waals surface area (Å²) in [6.45, 7) is 0.530. The van der Waals surface area contributed by atoms with Crippen LogP contribution in [0.4, 0.5) is 8.78 Å². The number of hydrogen-bond acceptors (Lipinski definition) is 2. The minimum absolute atomic E-state index is 0.0542. The smallest absolute Gasteiger partial charge is 0.263 e. The van der Waals surface area contributed by atoms with Gasteiger partial charge in [0.1, 0.15) is 0 Å². The van der Waals surface area contributed by atoms with Crippen molar-refractivity contribution in [3.63, 3.8) is 0 Å². The van der Waals surface area contributed by atoms with Crippen LogP contribution in [0.2, 0.25) is 0 Å². The summed E-state index contributed by atoms with van der Waals surface area (Å²) in [5.74, 6) is 0. The van der Waals surface area contributed by atoms with Gasteiger partial charge >= 0.3 is 0 Å². The molecule has 1 fully saturated rings. The molecule has 1 aliphatic rings. The Kier molecular flexibility index (Phi) is 4.66. The van der Waals surface area contributed by atoms with Gasteiger partial charge in [-0.25, -0.2) is 8.78 Å². The molecule has 18 heavy (non-hydrogen) atoms. The maximum Gasteiger partial charge on any atom is 0.263 e. The normalized spacial score (nSPS) is 24.4. The van der Waals surface area contributed by atoms with Gasteiger partial charge in [-0.2, -0.15) is 0 Å². The van der Waals surface area contributed by atoms with Crippen LogP contribution in [0.1, 0.15) is 43.2 Å². The summed E-state index contributed by atoms with van der Waals surface area (Å²) >= 11 is 0. The Labute approximate surface area is 106 Å². The highest BCUT2D eigenvalue weighted by atomic mass is 19.3. The van der Waals surface area contributed by atoms with Crippen LogP contribution in [0.5, 0.6) is 0 Å². The van der Waals surface area contributed by atoms with Crippen LogP contribution >= 0.6 is 0 Å². The van der Waals surface area contributed by atoms with Gasteiger partial charge in [0.25, 0.3) is 6.43 Å². The summed E-state index contributed by atoms with van der Waals surface area (Å²) in [5, 5.41) is 13.1. The lowest BCUT2D eigenvalue weighted by Gasteiger charge is -2.28. The second kappa shape index (κ2) is 6.25. The number of hydrogen-bond donors (Lipinski definition) is 2. The highest BCUT2D eigenvalue weighted by Gasteiger charge is 2.22. The van der Waals surface area contributed by atoms with Gasteiger partial charge in [0, 0.05) is 18.2 Å². The van der Waals surface area contributed by atoms with Crippen molar-refractivity contribution in [1.82, 2.24) is 5.32 Å². The van der Waals surface area contributed by atoms with E-state index in [9.17, 15) is 13.9 Å². The lowest BCUT2D eigenvalue weighted by atomic mass is 9.92. The third-order valence-electron chi connectivity index (χ3n) is 3.50. The number of alkyl halides is 2. The standard InChI is InChI=1S/C14H19F2NO/c15-14(16)11-5-3-4-10(8-11)9-17-12-6-1-2-7-13(12)18/h3-5,8,12-14,17-18H,1-2,6-7,9H2. The van der Waals surface area contributed by atoms with Crippen LogP contribution in [0.25, 0.3) is 0 Å². The van der Waals surface area contributed by atoms with Crippen LogP contribution in [-0.2, 0) is 6.54 Å². The molecular weight excluding hydrogens is 236 g/mol. The van der Waals surface area contributed by atoms with E-state index in [2.05, 4.69) is 5.32 Å². The van der Waals surface area contributed by atoms with E-state index in [1.165, 1.54) is 12.1 Å². The van der Waals surface area contributed by atoms with E-state index in [4.69, 9.17) is 0 Å². The molecule has 0 heterocycles. The number of aliphatic hydroxyl groups excluding tert-OH is 1. The molecule has 1 aromatic rings. The molecule has 2 atom stereocenters. The molecule has 0 amide bonds. The van der Waals surface area contributed by atoms with Crippen molar-refractivity contribution in [2.24, 2.45) is 0 Å². The SMILES string of the molecule is OC1CCCCC1NCc1cccc(C(F)F)c1. The van der Waals surface area contributed by atoms with Gasteiger partial charge in [-0.15, -0.1) is 0 Å². The number of rotatable bonds is 4. The lowest BCUT2D eigenvalue weighted by Crippen LogP contribution is -2.41. The van der Waals surface area contributed by atoms with Gasteiger partial charge in [-0.3, -0.25) is 0 Å².